The SMILES string of the molecule is CCN(c1ccc(OC)cc1)S(=O)(=O)N1CCCC(C(=O)NCCc2ccc(Cl)cc2)C1. The molecule has 2 aromatic rings. The van der Waals surface area contributed by atoms with E-state index in [4.69, 9.17) is 16.3 Å². The number of carbonyl (C=O) groups is 1. The number of anilines is 1. The Bertz CT molecular complexity index is 997. The number of benzene rings is 2. The quantitative estimate of drug-likeness (QED) is 0.597. The van der Waals surface area contributed by atoms with Crippen molar-refractivity contribution in [3.8, 4) is 5.75 Å². The van der Waals surface area contributed by atoms with E-state index < -0.39 is 10.2 Å². The fourth-order valence-electron chi connectivity index (χ4n) is 3.86. The molecule has 1 aliphatic rings. The fraction of sp³-hybridized carbons (Fsp3) is 0.435. The van der Waals surface area contributed by atoms with E-state index in [0.717, 1.165) is 5.56 Å². The van der Waals surface area contributed by atoms with Gasteiger partial charge in [-0.1, -0.05) is 23.7 Å². The lowest BCUT2D eigenvalue weighted by atomic mass is 9.99. The summed E-state index contributed by atoms with van der Waals surface area (Å²) in [6, 6.07) is 14.4. The lowest BCUT2D eigenvalue weighted by Crippen LogP contribution is -2.50. The molecule has 1 heterocycles. The average molecular weight is 480 g/mol. The van der Waals surface area contributed by atoms with E-state index >= 15 is 0 Å². The highest BCUT2D eigenvalue weighted by Crippen LogP contribution is 2.26. The highest BCUT2D eigenvalue weighted by Gasteiger charge is 2.35. The minimum Gasteiger partial charge on any atom is -0.497 e. The molecule has 3 rings (SSSR count). The van der Waals surface area contributed by atoms with Gasteiger partial charge >= 0.3 is 10.2 Å². The van der Waals surface area contributed by atoms with Crippen LogP contribution in [0.4, 0.5) is 5.69 Å². The Hall–Kier alpha value is -2.29. The van der Waals surface area contributed by atoms with Crippen LogP contribution in [0.25, 0.3) is 0 Å². The van der Waals surface area contributed by atoms with Crippen molar-refractivity contribution in [2.24, 2.45) is 5.92 Å². The molecule has 0 bridgehead atoms. The van der Waals surface area contributed by atoms with Crippen molar-refractivity contribution in [3.63, 3.8) is 0 Å². The third-order valence-corrected chi connectivity index (χ3v) is 7.90. The van der Waals surface area contributed by atoms with E-state index in [2.05, 4.69) is 5.32 Å². The van der Waals surface area contributed by atoms with Crippen molar-refractivity contribution in [1.82, 2.24) is 9.62 Å². The zero-order valence-corrected chi connectivity index (χ0v) is 20.0. The summed E-state index contributed by atoms with van der Waals surface area (Å²) in [6.07, 6.45) is 2.01. The molecule has 9 heteroatoms. The normalized spacial score (nSPS) is 17.0. The summed E-state index contributed by atoms with van der Waals surface area (Å²) >= 11 is 5.90. The van der Waals surface area contributed by atoms with E-state index in [1.807, 2.05) is 24.3 Å². The second-order valence-electron chi connectivity index (χ2n) is 7.74. The smallest absolute Gasteiger partial charge is 0.304 e. The van der Waals surface area contributed by atoms with Crippen molar-refractivity contribution in [2.45, 2.75) is 26.2 Å². The van der Waals surface area contributed by atoms with Gasteiger partial charge in [0.1, 0.15) is 5.75 Å². The Labute approximate surface area is 195 Å². The number of methoxy groups -OCH3 is 1. The number of amides is 1. The standard InChI is InChI=1S/C23H30ClN3O4S/c1-3-27(21-10-12-22(31-2)13-11-21)32(29,30)26-16-4-5-19(17-26)23(28)25-15-14-18-6-8-20(24)9-7-18/h6-13,19H,3-5,14-17H2,1-2H3,(H,25,28). The van der Waals surface area contributed by atoms with Gasteiger partial charge in [0.15, 0.2) is 0 Å². The number of hydrogen-bond acceptors (Lipinski definition) is 4. The first-order valence-electron chi connectivity index (χ1n) is 10.8. The predicted molar refractivity (Wildman–Crippen MR) is 127 cm³/mol. The van der Waals surface area contributed by atoms with Crippen molar-refractivity contribution >= 4 is 33.4 Å². The van der Waals surface area contributed by atoms with Gasteiger partial charge in [-0.15, -0.1) is 0 Å². The number of carbonyl (C=O) groups excluding carboxylic acids is 1. The molecule has 0 aromatic heterocycles. The van der Waals surface area contributed by atoms with Gasteiger partial charge in [-0.2, -0.15) is 12.7 Å². The molecule has 7 nitrogen and oxygen atoms in total. The molecule has 1 aliphatic heterocycles. The first-order valence-corrected chi connectivity index (χ1v) is 12.6. The van der Waals surface area contributed by atoms with Crippen LogP contribution in [0.3, 0.4) is 0 Å². The Morgan fingerprint density at radius 3 is 2.50 bits per heavy atom. The minimum absolute atomic E-state index is 0.105. The van der Waals surface area contributed by atoms with E-state index in [1.54, 1.807) is 38.3 Å². The van der Waals surface area contributed by atoms with E-state index in [0.29, 0.717) is 55.4 Å². The molecule has 174 valence electrons. The summed E-state index contributed by atoms with van der Waals surface area (Å²) in [4.78, 5) is 12.7. The summed E-state index contributed by atoms with van der Waals surface area (Å²) in [5.74, 6) is 0.195. The Balaban J connectivity index is 1.61. The van der Waals surface area contributed by atoms with Crippen molar-refractivity contribution in [1.29, 1.82) is 0 Å². The van der Waals surface area contributed by atoms with Crippen LogP contribution in [0.5, 0.6) is 5.75 Å². The van der Waals surface area contributed by atoms with E-state index in [9.17, 15) is 13.2 Å². The molecule has 1 atom stereocenters. The number of nitrogens with one attached hydrogen (secondary N) is 1. The molecule has 1 unspecified atom stereocenters. The van der Waals surface area contributed by atoms with Gasteiger partial charge in [0.2, 0.25) is 5.91 Å². The van der Waals surface area contributed by atoms with Gasteiger partial charge in [0, 0.05) is 31.2 Å². The first kappa shape index (κ1) is 24.4. The molecule has 32 heavy (non-hydrogen) atoms. The van der Waals surface area contributed by atoms with Crippen LogP contribution >= 0.6 is 11.6 Å². The zero-order chi connectivity index (χ0) is 23.1. The first-order chi connectivity index (χ1) is 15.3. The third kappa shape index (κ3) is 5.94. The molecule has 1 fully saturated rings. The molecular weight excluding hydrogens is 450 g/mol. The number of nitrogens with zero attached hydrogens (tertiary/aromatic N) is 2. The van der Waals surface area contributed by atoms with Gasteiger partial charge < -0.3 is 10.1 Å². The maximum atomic E-state index is 13.3. The summed E-state index contributed by atoms with van der Waals surface area (Å²) in [5.41, 5.74) is 1.66. The van der Waals surface area contributed by atoms with Crippen LogP contribution in [0.1, 0.15) is 25.3 Å². The number of piperidine rings is 1. The van der Waals surface area contributed by atoms with Crippen LogP contribution < -0.4 is 14.4 Å². The predicted octanol–water partition coefficient (Wildman–Crippen LogP) is 3.49. The van der Waals surface area contributed by atoms with Crippen LogP contribution in [-0.2, 0) is 21.4 Å². The Morgan fingerprint density at radius 2 is 1.88 bits per heavy atom. The van der Waals surface area contributed by atoms with E-state index in [1.165, 1.54) is 8.61 Å². The second-order valence-corrected chi connectivity index (χ2v) is 10.0. The molecule has 1 saturated heterocycles. The fourth-order valence-corrected chi connectivity index (χ4v) is 5.71. The van der Waals surface area contributed by atoms with Crippen LogP contribution in [0.15, 0.2) is 48.5 Å². The largest absolute Gasteiger partial charge is 0.497 e. The van der Waals surface area contributed by atoms with Crippen LogP contribution in [0, 0.1) is 5.92 Å². The molecule has 0 radical (unpaired) electrons. The summed E-state index contributed by atoms with van der Waals surface area (Å²) in [7, 11) is -2.18. The minimum atomic E-state index is -3.75. The van der Waals surface area contributed by atoms with Gasteiger partial charge in [-0.05, 0) is 68.1 Å². The monoisotopic (exact) mass is 479 g/mol. The van der Waals surface area contributed by atoms with Crippen molar-refractivity contribution in [3.05, 3.63) is 59.1 Å². The number of rotatable bonds is 9. The molecule has 0 spiro atoms. The third-order valence-electron chi connectivity index (χ3n) is 5.63. The number of halogens is 1. The van der Waals surface area contributed by atoms with Crippen molar-refractivity contribution in [2.75, 3.05) is 37.6 Å². The molecule has 1 N–H and O–H groups in total. The maximum absolute atomic E-state index is 13.3. The Morgan fingerprint density at radius 1 is 1.19 bits per heavy atom. The topological polar surface area (TPSA) is 79.0 Å². The average Bonchev–Trinajstić information content (AvgIpc) is 2.81. The number of hydrogen-bond donors (Lipinski definition) is 1. The maximum Gasteiger partial charge on any atom is 0.304 e. The van der Waals surface area contributed by atoms with Crippen molar-refractivity contribution < 1.29 is 17.9 Å². The lowest BCUT2D eigenvalue weighted by Gasteiger charge is -2.35. The molecule has 0 aliphatic carbocycles. The molecule has 2 aromatic carbocycles. The highest BCUT2D eigenvalue weighted by atomic mass is 35.5. The lowest BCUT2D eigenvalue weighted by molar-refractivity contribution is -0.126. The van der Waals surface area contributed by atoms with E-state index in [-0.39, 0.29) is 18.4 Å². The molecule has 0 saturated carbocycles. The van der Waals surface area contributed by atoms with Gasteiger partial charge in [0.25, 0.3) is 0 Å². The number of ether oxygens (including phenoxy) is 1. The summed E-state index contributed by atoms with van der Waals surface area (Å²) in [6.45, 7) is 3.18. The highest BCUT2D eigenvalue weighted by molar-refractivity contribution is 7.90. The second kappa shape index (κ2) is 11.0. The summed E-state index contributed by atoms with van der Waals surface area (Å²) in [5, 5.41) is 3.63. The van der Waals surface area contributed by atoms with Gasteiger partial charge in [-0.25, -0.2) is 0 Å². The Kier molecular flexibility index (Phi) is 8.39. The molecular formula is C23H30ClN3O4S. The van der Waals surface area contributed by atoms with Gasteiger partial charge in [0.05, 0.1) is 18.7 Å². The molecule has 1 amide bonds. The van der Waals surface area contributed by atoms with Crippen LogP contribution in [0.2, 0.25) is 5.02 Å². The summed E-state index contributed by atoms with van der Waals surface area (Å²) < 4.78 is 34.6. The van der Waals surface area contributed by atoms with Crippen LogP contribution in [-0.4, -0.2) is 51.9 Å². The van der Waals surface area contributed by atoms with Gasteiger partial charge in [-0.3, -0.25) is 9.10 Å². The zero-order valence-electron chi connectivity index (χ0n) is 18.5.